The van der Waals surface area contributed by atoms with Gasteiger partial charge in [0.05, 0.1) is 0 Å². The summed E-state index contributed by atoms with van der Waals surface area (Å²) in [6, 6.07) is 1.35. The monoisotopic (exact) mass is 214 g/mol. The molecule has 0 aromatic carbocycles. The summed E-state index contributed by atoms with van der Waals surface area (Å²) in [5.74, 6) is 0. The summed E-state index contributed by atoms with van der Waals surface area (Å²) < 4.78 is 0. The van der Waals surface area contributed by atoms with Crippen LogP contribution in [0.3, 0.4) is 0 Å². The Morgan fingerprint density at radius 3 is 2.27 bits per heavy atom. The highest BCUT2D eigenvalue weighted by Gasteiger charge is 2.09. The molecule has 15 heavy (non-hydrogen) atoms. The van der Waals surface area contributed by atoms with Crippen LogP contribution in [0.4, 0.5) is 0 Å². The van der Waals surface area contributed by atoms with Gasteiger partial charge >= 0.3 is 0 Å². The van der Waals surface area contributed by atoms with Gasteiger partial charge in [-0.2, -0.15) is 0 Å². The third-order valence-electron chi connectivity index (χ3n) is 3.14. The summed E-state index contributed by atoms with van der Waals surface area (Å²) in [6.45, 7) is 7.94. The molecule has 0 fully saturated rings. The first-order chi connectivity index (χ1) is 7.11. The number of rotatable bonds is 9. The van der Waals surface area contributed by atoms with E-state index in [0.29, 0.717) is 12.1 Å². The highest BCUT2D eigenvalue weighted by Crippen LogP contribution is 2.04. The molecule has 0 bridgehead atoms. The van der Waals surface area contributed by atoms with Crippen molar-refractivity contribution in [3.63, 3.8) is 0 Å². The van der Waals surface area contributed by atoms with E-state index in [1.54, 1.807) is 0 Å². The van der Waals surface area contributed by atoms with Gasteiger partial charge in [-0.25, -0.2) is 0 Å². The zero-order chi connectivity index (χ0) is 11.7. The van der Waals surface area contributed by atoms with Crippen molar-refractivity contribution in [2.45, 2.75) is 65.0 Å². The number of nitrogens with one attached hydrogen (secondary N) is 1. The summed E-state index contributed by atoms with van der Waals surface area (Å²) in [6.07, 6.45) is 6.60. The Morgan fingerprint density at radius 2 is 1.80 bits per heavy atom. The molecule has 92 valence electrons. The Balaban J connectivity index is 3.54. The molecule has 0 amide bonds. The second kappa shape index (κ2) is 9.17. The largest absolute Gasteiger partial charge is 0.313 e. The number of hydrogen-bond donors (Lipinski definition) is 1. The SMILES string of the molecule is CCCCCC(C)NCC(CC)N(C)C. The van der Waals surface area contributed by atoms with Gasteiger partial charge in [-0.15, -0.1) is 0 Å². The van der Waals surface area contributed by atoms with Crippen LogP contribution >= 0.6 is 0 Å². The van der Waals surface area contributed by atoms with E-state index in [9.17, 15) is 0 Å². The highest BCUT2D eigenvalue weighted by atomic mass is 15.1. The Hall–Kier alpha value is -0.0800. The minimum Gasteiger partial charge on any atom is -0.313 e. The van der Waals surface area contributed by atoms with Crippen LogP contribution in [0.2, 0.25) is 0 Å². The van der Waals surface area contributed by atoms with Gasteiger partial charge in [0.15, 0.2) is 0 Å². The molecular weight excluding hydrogens is 184 g/mol. The fourth-order valence-corrected chi connectivity index (χ4v) is 1.83. The Bertz CT molecular complexity index is 134. The van der Waals surface area contributed by atoms with Crippen LogP contribution in [0.15, 0.2) is 0 Å². The summed E-state index contributed by atoms with van der Waals surface area (Å²) in [5.41, 5.74) is 0. The van der Waals surface area contributed by atoms with E-state index in [0.717, 1.165) is 6.54 Å². The molecule has 2 heteroatoms. The predicted octanol–water partition coefficient (Wildman–Crippen LogP) is 2.89. The quantitative estimate of drug-likeness (QED) is 0.594. The predicted molar refractivity (Wildman–Crippen MR) is 69.4 cm³/mol. The van der Waals surface area contributed by atoms with E-state index >= 15 is 0 Å². The summed E-state index contributed by atoms with van der Waals surface area (Å²) in [4.78, 5) is 2.31. The van der Waals surface area contributed by atoms with Gasteiger partial charge in [-0.05, 0) is 33.9 Å². The van der Waals surface area contributed by atoms with Gasteiger partial charge in [0.2, 0.25) is 0 Å². The van der Waals surface area contributed by atoms with Crippen LogP contribution in [0.5, 0.6) is 0 Å². The molecule has 0 spiro atoms. The molecule has 0 heterocycles. The molecule has 0 aromatic rings. The molecule has 2 unspecified atom stereocenters. The molecule has 0 aliphatic rings. The van der Waals surface area contributed by atoms with E-state index in [2.05, 4.69) is 45.1 Å². The molecule has 0 saturated heterocycles. The van der Waals surface area contributed by atoms with E-state index in [4.69, 9.17) is 0 Å². The Morgan fingerprint density at radius 1 is 1.13 bits per heavy atom. The van der Waals surface area contributed by atoms with Gasteiger partial charge < -0.3 is 10.2 Å². The molecule has 2 nitrogen and oxygen atoms in total. The third kappa shape index (κ3) is 7.80. The summed E-state index contributed by atoms with van der Waals surface area (Å²) in [7, 11) is 4.33. The number of unbranched alkanes of at least 4 members (excludes halogenated alkanes) is 2. The fourth-order valence-electron chi connectivity index (χ4n) is 1.83. The normalized spacial score (nSPS) is 15.6. The molecule has 0 aliphatic carbocycles. The van der Waals surface area contributed by atoms with E-state index in [-0.39, 0.29) is 0 Å². The summed E-state index contributed by atoms with van der Waals surface area (Å²) >= 11 is 0. The van der Waals surface area contributed by atoms with Gasteiger partial charge in [-0.1, -0.05) is 33.1 Å². The smallest absolute Gasteiger partial charge is 0.0212 e. The maximum Gasteiger partial charge on any atom is 0.0212 e. The maximum atomic E-state index is 3.63. The molecule has 0 radical (unpaired) electrons. The van der Waals surface area contributed by atoms with Crippen molar-refractivity contribution in [1.29, 1.82) is 0 Å². The minimum atomic E-state index is 0.672. The van der Waals surface area contributed by atoms with E-state index < -0.39 is 0 Å². The first-order valence-electron chi connectivity index (χ1n) is 6.51. The maximum absolute atomic E-state index is 3.63. The molecule has 0 saturated carbocycles. The van der Waals surface area contributed by atoms with Crippen molar-refractivity contribution in [2.75, 3.05) is 20.6 Å². The van der Waals surface area contributed by atoms with Crippen LogP contribution in [0.25, 0.3) is 0 Å². The lowest BCUT2D eigenvalue weighted by Crippen LogP contribution is -2.40. The first kappa shape index (κ1) is 14.9. The van der Waals surface area contributed by atoms with Gasteiger partial charge in [0, 0.05) is 18.6 Å². The number of nitrogens with zero attached hydrogens (tertiary/aromatic N) is 1. The lowest BCUT2D eigenvalue weighted by molar-refractivity contribution is 0.267. The molecule has 1 N–H and O–H groups in total. The second-order valence-corrected chi connectivity index (χ2v) is 4.83. The van der Waals surface area contributed by atoms with Crippen molar-refractivity contribution in [2.24, 2.45) is 0 Å². The zero-order valence-electron chi connectivity index (χ0n) is 11.3. The Kier molecular flexibility index (Phi) is 9.12. The van der Waals surface area contributed by atoms with Crippen molar-refractivity contribution in [3.05, 3.63) is 0 Å². The van der Waals surface area contributed by atoms with Crippen molar-refractivity contribution >= 4 is 0 Å². The number of hydrogen-bond acceptors (Lipinski definition) is 2. The fraction of sp³-hybridized carbons (Fsp3) is 1.00. The van der Waals surface area contributed by atoms with Crippen LogP contribution in [0.1, 0.15) is 52.9 Å². The van der Waals surface area contributed by atoms with Crippen molar-refractivity contribution in [3.8, 4) is 0 Å². The van der Waals surface area contributed by atoms with Crippen LogP contribution in [-0.2, 0) is 0 Å². The first-order valence-corrected chi connectivity index (χ1v) is 6.51. The van der Waals surface area contributed by atoms with E-state index in [1.807, 2.05) is 0 Å². The van der Waals surface area contributed by atoms with E-state index in [1.165, 1.54) is 32.1 Å². The standard InChI is InChI=1S/C13H30N2/c1-6-8-9-10-12(3)14-11-13(7-2)15(4)5/h12-14H,6-11H2,1-5H3. The average molecular weight is 214 g/mol. The topological polar surface area (TPSA) is 15.3 Å². The van der Waals surface area contributed by atoms with Gasteiger partial charge in [0.25, 0.3) is 0 Å². The van der Waals surface area contributed by atoms with Gasteiger partial charge in [0.1, 0.15) is 0 Å². The average Bonchev–Trinajstić information content (AvgIpc) is 2.18. The van der Waals surface area contributed by atoms with Crippen LogP contribution in [-0.4, -0.2) is 37.6 Å². The molecule has 0 rings (SSSR count). The zero-order valence-corrected chi connectivity index (χ0v) is 11.3. The minimum absolute atomic E-state index is 0.672. The molecule has 0 aromatic heterocycles. The second-order valence-electron chi connectivity index (χ2n) is 4.83. The molecular formula is C13H30N2. The third-order valence-corrected chi connectivity index (χ3v) is 3.14. The van der Waals surface area contributed by atoms with Crippen LogP contribution in [0, 0.1) is 0 Å². The summed E-state index contributed by atoms with van der Waals surface area (Å²) in [5, 5.41) is 3.63. The molecule has 0 aliphatic heterocycles. The number of likely N-dealkylation sites (N-methyl/N-ethyl adjacent to an activating group) is 1. The van der Waals surface area contributed by atoms with Crippen molar-refractivity contribution in [1.82, 2.24) is 10.2 Å². The van der Waals surface area contributed by atoms with Crippen molar-refractivity contribution < 1.29 is 0 Å². The van der Waals surface area contributed by atoms with Gasteiger partial charge in [-0.3, -0.25) is 0 Å². The lowest BCUT2D eigenvalue weighted by atomic mass is 10.1. The highest BCUT2D eigenvalue weighted by molar-refractivity contribution is 4.70. The Labute approximate surface area is 96.4 Å². The molecule has 2 atom stereocenters. The van der Waals surface area contributed by atoms with Crippen LogP contribution < -0.4 is 5.32 Å². The lowest BCUT2D eigenvalue weighted by Gasteiger charge is -2.25.